The third kappa shape index (κ3) is 6.23. The average Bonchev–Trinajstić information content (AvgIpc) is 3.63. The Kier molecular flexibility index (Phi) is 7.49. The van der Waals surface area contributed by atoms with Gasteiger partial charge in [0.2, 0.25) is 0 Å². The van der Waals surface area contributed by atoms with Gasteiger partial charge in [0.1, 0.15) is 0 Å². The number of esters is 1. The second-order valence-electron chi connectivity index (χ2n) is 11.3. The lowest BCUT2D eigenvalue weighted by molar-refractivity contribution is -0.142. The molecule has 2 aliphatic carbocycles. The lowest BCUT2D eigenvalue weighted by atomic mass is 9.61. The zero-order chi connectivity index (χ0) is 26.7. The minimum Gasteiger partial charge on any atom is -0.466 e. The average molecular weight is 516 g/mol. The van der Waals surface area contributed by atoms with E-state index in [9.17, 15) is 9.59 Å². The van der Waals surface area contributed by atoms with Gasteiger partial charge < -0.3 is 15.4 Å². The van der Waals surface area contributed by atoms with Crippen LogP contribution in [0.4, 0.5) is 5.69 Å². The molecule has 2 saturated carbocycles. The van der Waals surface area contributed by atoms with Crippen molar-refractivity contribution in [3.63, 3.8) is 0 Å². The van der Waals surface area contributed by atoms with Crippen molar-refractivity contribution in [1.82, 2.24) is 20.1 Å². The summed E-state index contributed by atoms with van der Waals surface area (Å²) >= 11 is 0. The zero-order valence-electron chi connectivity index (χ0n) is 22.4. The highest BCUT2D eigenvalue weighted by molar-refractivity contribution is 5.94. The Balaban J connectivity index is 1.25. The van der Waals surface area contributed by atoms with Gasteiger partial charge in [-0.05, 0) is 79.8 Å². The number of anilines is 1. The first kappa shape index (κ1) is 25.9. The summed E-state index contributed by atoms with van der Waals surface area (Å²) in [6.45, 7) is 6.97. The monoisotopic (exact) mass is 515 g/mol. The van der Waals surface area contributed by atoms with Crippen molar-refractivity contribution in [3.8, 4) is 5.82 Å². The Bertz CT molecular complexity index is 1250. The summed E-state index contributed by atoms with van der Waals surface area (Å²) in [5.74, 6) is 1.41. The summed E-state index contributed by atoms with van der Waals surface area (Å²) < 4.78 is 6.76. The molecule has 8 nitrogen and oxygen atoms in total. The number of benzene rings is 1. The van der Waals surface area contributed by atoms with Gasteiger partial charge in [0.05, 0.1) is 36.6 Å². The summed E-state index contributed by atoms with van der Waals surface area (Å²) in [4.78, 5) is 28.7. The van der Waals surface area contributed by atoms with Crippen molar-refractivity contribution in [1.29, 1.82) is 0 Å². The molecule has 38 heavy (non-hydrogen) atoms. The van der Waals surface area contributed by atoms with Crippen molar-refractivity contribution in [2.24, 2.45) is 11.3 Å². The van der Waals surface area contributed by atoms with Crippen LogP contribution in [0.25, 0.3) is 5.82 Å². The normalized spacial score (nSPS) is 17.3. The highest BCUT2D eigenvalue weighted by Gasteiger charge is 2.41. The largest absolute Gasteiger partial charge is 0.466 e. The molecule has 0 saturated heterocycles. The molecule has 8 heteroatoms. The number of aromatic nitrogens is 3. The van der Waals surface area contributed by atoms with E-state index in [-0.39, 0.29) is 30.9 Å². The van der Waals surface area contributed by atoms with Crippen molar-refractivity contribution < 1.29 is 14.3 Å². The maximum Gasteiger partial charge on any atom is 0.307 e. The molecule has 2 N–H and O–H groups in total. The van der Waals surface area contributed by atoms with E-state index < -0.39 is 0 Å². The molecule has 200 valence electrons. The minimum absolute atomic E-state index is 0.114. The van der Waals surface area contributed by atoms with Crippen LogP contribution in [0, 0.1) is 11.3 Å². The number of nitrogens with zero attached hydrogens (tertiary/aromatic N) is 3. The third-order valence-electron chi connectivity index (χ3n) is 7.46. The van der Waals surface area contributed by atoms with E-state index in [1.807, 2.05) is 47.4 Å². The van der Waals surface area contributed by atoms with Gasteiger partial charge in [-0.15, -0.1) is 0 Å². The molecule has 2 fully saturated rings. The van der Waals surface area contributed by atoms with E-state index in [0.29, 0.717) is 29.4 Å². The smallest absolute Gasteiger partial charge is 0.307 e. The van der Waals surface area contributed by atoms with Gasteiger partial charge in [-0.2, -0.15) is 5.10 Å². The Morgan fingerprint density at radius 3 is 2.50 bits per heavy atom. The molecule has 1 atom stereocenters. The van der Waals surface area contributed by atoms with Gasteiger partial charge in [0, 0.05) is 24.2 Å². The van der Waals surface area contributed by atoms with Crippen LogP contribution in [-0.2, 0) is 9.53 Å². The number of hydrogen-bond acceptors (Lipinski definition) is 6. The van der Waals surface area contributed by atoms with Crippen LogP contribution < -0.4 is 10.6 Å². The first-order valence-electron chi connectivity index (χ1n) is 13.6. The Morgan fingerprint density at radius 2 is 1.87 bits per heavy atom. The number of nitrogens with one attached hydrogen (secondary N) is 2. The fraction of sp³-hybridized carbons (Fsp3) is 0.467. The SMILES string of the molecule is CCOC(=O)CCNC(=O)c1ccc(C(Nc2ccc(-n3ccc(C4CC4)n3)nc2)C2CC(C)(C)C2)cc1. The molecule has 1 aromatic carbocycles. The lowest BCUT2D eigenvalue weighted by Gasteiger charge is -2.47. The van der Waals surface area contributed by atoms with Gasteiger partial charge in [0.15, 0.2) is 5.82 Å². The summed E-state index contributed by atoms with van der Waals surface area (Å²) in [5.41, 5.74) is 4.15. The topological polar surface area (TPSA) is 98.1 Å². The molecule has 2 aromatic heterocycles. The standard InChI is InChI=1S/C30H37N5O3/c1-4-38-27(36)13-15-31-29(37)22-9-7-21(8-10-22)28(23-17-30(2,3)18-23)33-24-11-12-26(32-19-24)35-16-14-25(34-35)20-5-6-20/h7-12,14,16,19-20,23,28,33H,4-6,13,15,17-18H2,1-3H3,(H,31,37). The van der Waals surface area contributed by atoms with Crippen LogP contribution >= 0.6 is 0 Å². The maximum atomic E-state index is 12.5. The molecule has 0 aliphatic heterocycles. The van der Waals surface area contributed by atoms with Gasteiger partial charge in [0.25, 0.3) is 5.91 Å². The van der Waals surface area contributed by atoms with E-state index in [4.69, 9.17) is 4.74 Å². The second-order valence-corrected chi connectivity index (χ2v) is 11.3. The number of rotatable bonds is 11. The van der Waals surface area contributed by atoms with Crippen molar-refractivity contribution in [2.75, 3.05) is 18.5 Å². The zero-order valence-corrected chi connectivity index (χ0v) is 22.4. The number of carbonyl (C=O) groups excluding carboxylic acids is 2. The highest BCUT2D eigenvalue weighted by atomic mass is 16.5. The van der Waals surface area contributed by atoms with E-state index in [0.717, 1.165) is 35.6 Å². The maximum absolute atomic E-state index is 12.5. The van der Waals surface area contributed by atoms with Gasteiger partial charge in [-0.25, -0.2) is 9.67 Å². The fourth-order valence-corrected chi connectivity index (χ4v) is 5.37. The fourth-order valence-electron chi connectivity index (χ4n) is 5.37. The Labute approximate surface area is 224 Å². The molecule has 1 unspecified atom stereocenters. The Morgan fingerprint density at radius 1 is 1.11 bits per heavy atom. The van der Waals surface area contributed by atoms with E-state index in [2.05, 4.69) is 46.7 Å². The van der Waals surface area contributed by atoms with Gasteiger partial charge >= 0.3 is 5.97 Å². The summed E-state index contributed by atoms with van der Waals surface area (Å²) in [6, 6.07) is 14.0. The molecule has 0 bridgehead atoms. The molecule has 0 radical (unpaired) electrons. The van der Waals surface area contributed by atoms with Crippen LogP contribution in [-0.4, -0.2) is 39.8 Å². The van der Waals surface area contributed by atoms with Gasteiger partial charge in [-0.3, -0.25) is 9.59 Å². The first-order valence-corrected chi connectivity index (χ1v) is 13.6. The molecule has 0 spiro atoms. The van der Waals surface area contributed by atoms with E-state index in [1.54, 1.807) is 6.92 Å². The predicted octanol–water partition coefficient (Wildman–Crippen LogP) is 5.42. The second kappa shape index (κ2) is 11.0. The molecular weight excluding hydrogens is 478 g/mol. The van der Waals surface area contributed by atoms with E-state index in [1.165, 1.54) is 12.8 Å². The van der Waals surface area contributed by atoms with Crippen LogP contribution in [0.15, 0.2) is 54.9 Å². The summed E-state index contributed by atoms with van der Waals surface area (Å²) in [6.07, 6.45) is 8.73. The molecule has 3 aromatic rings. The molecule has 2 heterocycles. The van der Waals surface area contributed by atoms with Crippen LogP contribution in [0.3, 0.4) is 0 Å². The summed E-state index contributed by atoms with van der Waals surface area (Å²) in [7, 11) is 0. The first-order chi connectivity index (χ1) is 18.3. The molecular formula is C30H37N5O3. The van der Waals surface area contributed by atoms with Crippen LogP contribution in [0.5, 0.6) is 0 Å². The lowest BCUT2D eigenvalue weighted by Crippen LogP contribution is -2.38. The third-order valence-corrected chi connectivity index (χ3v) is 7.46. The highest BCUT2D eigenvalue weighted by Crippen LogP contribution is 2.51. The van der Waals surface area contributed by atoms with Crippen molar-refractivity contribution in [2.45, 2.75) is 64.8 Å². The number of pyridine rings is 1. The minimum atomic E-state index is -0.310. The number of ether oxygens (including phenoxy) is 1. The molecule has 5 rings (SSSR count). The number of hydrogen-bond donors (Lipinski definition) is 2. The molecule has 2 aliphatic rings. The van der Waals surface area contributed by atoms with Crippen LogP contribution in [0.1, 0.15) is 86.5 Å². The van der Waals surface area contributed by atoms with Crippen LogP contribution in [0.2, 0.25) is 0 Å². The van der Waals surface area contributed by atoms with Gasteiger partial charge in [-0.1, -0.05) is 26.0 Å². The summed E-state index contributed by atoms with van der Waals surface area (Å²) in [5, 5.41) is 11.2. The number of carbonyl (C=O) groups is 2. The van der Waals surface area contributed by atoms with Crippen molar-refractivity contribution >= 4 is 17.6 Å². The van der Waals surface area contributed by atoms with Crippen molar-refractivity contribution in [3.05, 3.63) is 71.7 Å². The predicted molar refractivity (Wildman–Crippen MR) is 146 cm³/mol. The molecule has 1 amide bonds. The quantitative estimate of drug-likeness (QED) is 0.331. The Hall–Kier alpha value is -3.68. The number of amides is 1. The van der Waals surface area contributed by atoms with E-state index >= 15 is 0 Å².